The van der Waals surface area contributed by atoms with Gasteiger partial charge in [-0.15, -0.1) is 11.3 Å². The van der Waals surface area contributed by atoms with Gasteiger partial charge < -0.3 is 4.42 Å². The van der Waals surface area contributed by atoms with Crippen molar-refractivity contribution in [3.05, 3.63) is 50.0 Å². The van der Waals surface area contributed by atoms with Gasteiger partial charge in [0, 0.05) is 14.7 Å². The molecule has 2 aromatic heterocycles. The summed E-state index contributed by atoms with van der Waals surface area (Å²) in [4.78, 5) is 13.0. The van der Waals surface area contributed by atoms with Gasteiger partial charge in [0.2, 0.25) is 5.78 Å². The fraction of sp³-hybridized carbons (Fsp3) is 0.0769. The molecule has 0 aliphatic carbocycles. The van der Waals surface area contributed by atoms with Crippen LogP contribution in [0.4, 0.5) is 0 Å². The molecule has 0 N–H and O–H groups in total. The maximum absolute atomic E-state index is 12.1. The van der Waals surface area contributed by atoms with Crippen molar-refractivity contribution < 1.29 is 9.21 Å². The Morgan fingerprint density at radius 3 is 2.89 bits per heavy atom. The van der Waals surface area contributed by atoms with Gasteiger partial charge in [0.1, 0.15) is 17.4 Å². The molecule has 0 radical (unpaired) electrons. The highest BCUT2D eigenvalue weighted by molar-refractivity contribution is 9.10. The zero-order valence-electron chi connectivity index (χ0n) is 9.44. The molecule has 2 aromatic rings. The Labute approximate surface area is 116 Å². The van der Waals surface area contributed by atoms with Crippen molar-refractivity contribution in [3.63, 3.8) is 0 Å². The first kappa shape index (κ1) is 12.8. The minimum absolute atomic E-state index is 0.105. The number of nitriles is 1. The number of furan rings is 1. The molecule has 0 saturated heterocycles. The van der Waals surface area contributed by atoms with Crippen LogP contribution in [0.5, 0.6) is 0 Å². The maximum Gasteiger partial charge on any atom is 0.207 e. The lowest BCUT2D eigenvalue weighted by molar-refractivity contribution is 0.103. The van der Waals surface area contributed by atoms with Crippen LogP contribution in [0.1, 0.15) is 21.0 Å². The van der Waals surface area contributed by atoms with Crippen LogP contribution in [-0.2, 0) is 0 Å². The summed E-state index contributed by atoms with van der Waals surface area (Å²) >= 11 is 4.79. The van der Waals surface area contributed by atoms with Crippen molar-refractivity contribution in [2.45, 2.75) is 6.92 Å². The van der Waals surface area contributed by atoms with E-state index in [1.807, 2.05) is 17.5 Å². The summed E-state index contributed by atoms with van der Waals surface area (Å²) in [5.74, 6) is 0.210. The van der Waals surface area contributed by atoms with Gasteiger partial charge in [-0.05, 0) is 41.1 Å². The standard InChI is InChI=1S/C13H8BrNO2S/c1-8-12(2-3-17-8)13(16)9(6-15)4-11-5-10(14)7-18-11/h2-5,7H,1H3/b9-4+. The molecule has 18 heavy (non-hydrogen) atoms. The number of rotatable bonds is 3. The van der Waals surface area contributed by atoms with Gasteiger partial charge in [0.25, 0.3) is 0 Å². The van der Waals surface area contributed by atoms with Gasteiger partial charge in [-0.25, -0.2) is 0 Å². The monoisotopic (exact) mass is 321 g/mol. The van der Waals surface area contributed by atoms with Crippen LogP contribution in [0, 0.1) is 18.3 Å². The van der Waals surface area contributed by atoms with Crippen molar-refractivity contribution in [3.8, 4) is 6.07 Å². The third-order valence-electron chi connectivity index (χ3n) is 2.34. The zero-order valence-corrected chi connectivity index (χ0v) is 11.8. The number of hydrogen-bond donors (Lipinski definition) is 0. The third kappa shape index (κ3) is 2.61. The molecule has 0 spiro atoms. The molecule has 0 saturated carbocycles. The summed E-state index contributed by atoms with van der Waals surface area (Å²) in [5.41, 5.74) is 0.535. The quantitative estimate of drug-likeness (QED) is 0.483. The summed E-state index contributed by atoms with van der Waals surface area (Å²) in [6.07, 6.45) is 3.03. The predicted octanol–water partition coefficient (Wildman–Crippen LogP) is 4.20. The van der Waals surface area contributed by atoms with Gasteiger partial charge in [-0.2, -0.15) is 5.26 Å². The molecule has 90 valence electrons. The average Bonchev–Trinajstić information content (AvgIpc) is 2.94. The lowest BCUT2D eigenvalue weighted by Crippen LogP contribution is -2.01. The summed E-state index contributed by atoms with van der Waals surface area (Å²) in [6.45, 7) is 1.70. The van der Waals surface area contributed by atoms with E-state index in [0.717, 1.165) is 9.35 Å². The molecule has 0 aliphatic heterocycles. The molecule has 0 aliphatic rings. The number of carbonyl (C=O) groups is 1. The Kier molecular flexibility index (Phi) is 3.80. The van der Waals surface area contributed by atoms with Gasteiger partial charge >= 0.3 is 0 Å². The van der Waals surface area contributed by atoms with Gasteiger partial charge in [0.05, 0.1) is 11.8 Å². The maximum atomic E-state index is 12.1. The predicted molar refractivity (Wildman–Crippen MR) is 73.4 cm³/mol. The van der Waals surface area contributed by atoms with Crippen LogP contribution in [-0.4, -0.2) is 5.78 Å². The van der Waals surface area contributed by atoms with E-state index < -0.39 is 0 Å². The first-order valence-electron chi connectivity index (χ1n) is 5.06. The highest BCUT2D eigenvalue weighted by atomic mass is 79.9. The molecule has 0 unspecified atom stereocenters. The number of Topliss-reactive ketones (excluding diaryl/α,β-unsaturated/α-hetero) is 1. The van der Waals surface area contributed by atoms with E-state index in [1.165, 1.54) is 17.6 Å². The molecule has 0 fully saturated rings. The Bertz CT molecular complexity index is 661. The number of halogens is 1. The lowest BCUT2D eigenvalue weighted by Gasteiger charge is -1.96. The Hall–Kier alpha value is -1.64. The van der Waals surface area contributed by atoms with E-state index in [9.17, 15) is 4.79 Å². The lowest BCUT2D eigenvalue weighted by atomic mass is 10.0. The molecule has 2 rings (SSSR count). The van der Waals surface area contributed by atoms with Crippen LogP contribution in [0.25, 0.3) is 6.08 Å². The minimum atomic E-state index is -0.312. The fourth-order valence-corrected chi connectivity index (χ4v) is 2.84. The molecule has 3 nitrogen and oxygen atoms in total. The molecule has 5 heteroatoms. The molecular formula is C13H8BrNO2S. The first-order chi connectivity index (χ1) is 8.61. The van der Waals surface area contributed by atoms with Crippen molar-refractivity contribution in [2.24, 2.45) is 0 Å². The van der Waals surface area contributed by atoms with E-state index in [0.29, 0.717) is 11.3 Å². The summed E-state index contributed by atoms with van der Waals surface area (Å²) in [6, 6.07) is 5.37. The van der Waals surface area contributed by atoms with Crippen molar-refractivity contribution in [1.82, 2.24) is 0 Å². The van der Waals surface area contributed by atoms with Crippen molar-refractivity contribution in [1.29, 1.82) is 5.26 Å². The molecule has 0 bridgehead atoms. The van der Waals surface area contributed by atoms with Crippen LogP contribution in [0.3, 0.4) is 0 Å². The highest BCUT2D eigenvalue weighted by Crippen LogP contribution is 2.23. The van der Waals surface area contributed by atoms with Crippen LogP contribution in [0.15, 0.2) is 38.2 Å². The third-order valence-corrected chi connectivity index (χ3v) is 3.98. The largest absolute Gasteiger partial charge is 0.469 e. The normalized spacial score (nSPS) is 11.3. The second-order valence-electron chi connectivity index (χ2n) is 3.56. The van der Waals surface area contributed by atoms with E-state index in [2.05, 4.69) is 15.9 Å². The number of allylic oxidation sites excluding steroid dienone is 1. The summed E-state index contributed by atoms with van der Waals surface area (Å²) in [7, 11) is 0. The van der Waals surface area contributed by atoms with Crippen molar-refractivity contribution in [2.75, 3.05) is 0 Å². The topological polar surface area (TPSA) is 54.0 Å². The van der Waals surface area contributed by atoms with Crippen molar-refractivity contribution >= 4 is 39.1 Å². The van der Waals surface area contributed by atoms with E-state index in [1.54, 1.807) is 19.1 Å². The van der Waals surface area contributed by atoms with Crippen LogP contribution >= 0.6 is 27.3 Å². The first-order valence-corrected chi connectivity index (χ1v) is 6.73. The Morgan fingerprint density at radius 2 is 2.39 bits per heavy atom. The number of ketones is 1. The summed E-state index contributed by atoms with van der Waals surface area (Å²) in [5, 5.41) is 11.0. The van der Waals surface area contributed by atoms with Crippen LogP contribution in [0.2, 0.25) is 0 Å². The fourth-order valence-electron chi connectivity index (χ4n) is 1.46. The van der Waals surface area contributed by atoms with E-state index >= 15 is 0 Å². The van der Waals surface area contributed by atoms with Gasteiger partial charge in [-0.3, -0.25) is 4.79 Å². The number of hydrogen-bond acceptors (Lipinski definition) is 4. The SMILES string of the molecule is Cc1occc1C(=O)/C(C#N)=C/c1cc(Br)cs1. The number of nitrogens with zero attached hydrogens (tertiary/aromatic N) is 1. The Morgan fingerprint density at radius 1 is 1.61 bits per heavy atom. The number of aryl methyl sites for hydroxylation is 1. The number of carbonyl (C=O) groups excluding carboxylic acids is 1. The highest BCUT2D eigenvalue weighted by Gasteiger charge is 2.16. The Balaban J connectivity index is 2.36. The molecular weight excluding hydrogens is 314 g/mol. The molecule has 0 atom stereocenters. The average molecular weight is 322 g/mol. The number of thiophene rings is 1. The van der Waals surface area contributed by atoms with Gasteiger partial charge in [-0.1, -0.05) is 0 Å². The summed E-state index contributed by atoms with van der Waals surface area (Å²) < 4.78 is 6.01. The molecule has 2 heterocycles. The molecule has 0 aromatic carbocycles. The van der Waals surface area contributed by atoms with E-state index in [4.69, 9.17) is 9.68 Å². The second kappa shape index (κ2) is 5.34. The van der Waals surface area contributed by atoms with Crippen LogP contribution < -0.4 is 0 Å². The zero-order chi connectivity index (χ0) is 13.1. The second-order valence-corrected chi connectivity index (χ2v) is 5.42. The smallest absolute Gasteiger partial charge is 0.207 e. The minimum Gasteiger partial charge on any atom is -0.469 e. The van der Waals surface area contributed by atoms with E-state index in [-0.39, 0.29) is 11.4 Å². The molecule has 0 amide bonds. The van der Waals surface area contributed by atoms with Gasteiger partial charge in [0.15, 0.2) is 0 Å².